The molecular weight excluding hydrogens is 428 g/mol. The van der Waals surface area contributed by atoms with Crippen LogP contribution in [0.5, 0.6) is 0 Å². The molecule has 0 spiro atoms. The van der Waals surface area contributed by atoms with Crippen LogP contribution in [0.2, 0.25) is 0 Å². The summed E-state index contributed by atoms with van der Waals surface area (Å²) in [5.74, 6) is 1.19. The summed E-state index contributed by atoms with van der Waals surface area (Å²) < 4.78 is 2.74. The quantitative estimate of drug-likeness (QED) is 0.592. The van der Waals surface area contributed by atoms with Crippen molar-refractivity contribution in [1.29, 1.82) is 0 Å². The summed E-state index contributed by atoms with van der Waals surface area (Å²) in [6.45, 7) is 1.57. The highest BCUT2D eigenvalue weighted by Crippen LogP contribution is 2.26. The number of nitrogens with one attached hydrogen (secondary N) is 2. The van der Waals surface area contributed by atoms with Gasteiger partial charge >= 0.3 is 0 Å². The molecule has 0 aliphatic carbocycles. The summed E-state index contributed by atoms with van der Waals surface area (Å²) in [6, 6.07) is 13.1. The number of thioether (sulfide) groups is 1. The molecule has 0 fully saturated rings. The Labute approximate surface area is 169 Å². The van der Waals surface area contributed by atoms with Gasteiger partial charge in [-0.1, -0.05) is 28.1 Å². The molecule has 0 radical (unpaired) electrons. The zero-order valence-electron chi connectivity index (χ0n) is 15.0. The fourth-order valence-corrected chi connectivity index (χ4v) is 3.63. The summed E-state index contributed by atoms with van der Waals surface area (Å²) in [5.41, 5.74) is 2.89. The molecule has 140 valence electrons. The van der Waals surface area contributed by atoms with Gasteiger partial charge in [-0.3, -0.25) is 9.59 Å². The minimum Gasteiger partial charge on any atom is -0.325 e. The minimum atomic E-state index is -0.198. The van der Waals surface area contributed by atoms with Gasteiger partial charge in [0.2, 0.25) is 11.8 Å². The Morgan fingerprint density at radius 3 is 2.67 bits per heavy atom. The topological polar surface area (TPSA) is 76.0 Å². The van der Waals surface area contributed by atoms with E-state index in [2.05, 4.69) is 31.5 Å². The molecule has 2 amide bonds. The third-order valence-corrected chi connectivity index (χ3v) is 4.92. The number of aromatic nitrogens is 2. The number of hydrogen-bond donors (Lipinski definition) is 2. The number of carbonyl (C=O) groups is 2. The lowest BCUT2D eigenvalue weighted by Gasteiger charge is -2.13. The molecule has 0 aliphatic rings. The number of carbonyl (C=O) groups excluding carboxylic acids is 2. The van der Waals surface area contributed by atoms with Gasteiger partial charge in [-0.15, -0.1) is 0 Å². The van der Waals surface area contributed by atoms with Crippen LogP contribution in [-0.2, 0) is 21.9 Å². The van der Waals surface area contributed by atoms with Crippen molar-refractivity contribution in [2.45, 2.75) is 19.2 Å². The van der Waals surface area contributed by atoms with Crippen LogP contribution in [0, 0.1) is 0 Å². The normalized spacial score (nSPS) is 10.8. The first-order valence-corrected chi connectivity index (χ1v) is 10.5. The molecule has 6 nitrogen and oxygen atoms in total. The van der Waals surface area contributed by atoms with Crippen molar-refractivity contribution in [2.75, 3.05) is 16.9 Å². The van der Waals surface area contributed by atoms with Gasteiger partial charge < -0.3 is 15.2 Å². The average molecular weight is 447 g/mol. The van der Waals surface area contributed by atoms with Gasteiger partial charge in [0.15, 0.2) is 0 Å². The van der Waals surface area contributed by atoms with Crippen LogP contribution in [0.3, 0.4) is 0 Å². The van der Waals surface area contributed by atoms with E-state index in [-0.39, 0.29) is 18.4 Å². The van der Waals surface area contributed by atoms with Crippen LogP contribution >= 0.6 is 27.7 Å². The number of para-hydroxylation sites is 2. The molecule has 0 aliphatic heterocycles. The van der Waals surface area contributed by atoms with Gasteiger partial charge in [-0.05, 0) is 36.6 Å². The molecule has 8 heteroatoms. The Morgan fingerprint density at radius 2 is 1.93 bits per heavy atom. The van der Waals surface area contributed by atoms with Crippen molar-refractivity contribution >= 4 is 61.9 Å². The second-order valence-electron chi connectivity index (χ2n) is 5.96. The van der Waals surface area contributed by atoms with E-state index in [4.69, 9.17) is 0 Å². The van der Waals surface area contributed by atoms with E-state index >= 15 is 0 Å². The van der Waals surface area contributed by atoms with Crippen LogP contribution in [0.15, 0.2) is 46.9 Å². The molecule has 0 saturated carbocycles. The van der Waals surface area contributed by atoms with Gasteiger partial charge in [0.05, 0.1) is 28.2 Å². The molecule has 0 saturated heterocycles. The summed E-state index contributed by atoms with van der Waals surface area (Å²) in [4.78, 5) is 28.8. The lowest BCUT2D eigenvalue weighted by molar-refractivity contribution is -0.117. The lowest BCUT2D eigenvalue weighted by Crippen LogP contribution is -2.21. The molecule has 2 N–H and O–H groups in total. The fourth-order valence-electron chi connectivity index (χ4n) is 2.79. The number of halogens is 1. The van der Waals surface area contributed by atoms with Crippen LogP contribution in [0.1, 0.15) is 12.7 Å². The Morgan fingerprint density at radius 1 is 1.15 bits per heavy atom. The molecule has 1 aromatic heterocycles. The van der Waals surface area contributed by atoms with E-state index in [9.17, 15) is 9.59 Å². The van der Waals surface area contributed by atoms with E-state index in [1.807, 2.05) is 35.1 Å². The van der Waals surface area contributed by atoms with Crippen molar-refractivity contribution in [1.82, 2.24) is 9.55 Å². The Hall–Kier alpha value is -2.32. The number of nitrogens with zero attached hydrogens (tertiary/aromatic N) is 2. The average Bonchev–Trinajstić information content (AvgIpc) is 2.95. The van der Waals surface area contributed by atoms with Crippen LogP contribution in [-0.4, -0.2) is 27.6 Å². The maximum absolute atomic E-state index is 12.7. The third kappa shape index (κ3) is 4.70. The predicted octanol–water partition coefficient (Wildman–Crippen LogP) is 4.26. The monoisotopic (exact) mass is 446 g/mol. The maximum atomic E-state index is 12.7. The molecule has 0 bridgehead atoms. The summed E-state index contributed by atoms with van der Waals surface area (Å²) in [6.07, 6.45) is 2.00. The molecule has 0 unspecified atom stereocenters. The largest absolute Gasteiger partial charge is 0.325 e. The lowest BCUT2D eigenvalue weighted by atomic mass is 10.2. The highest BCUT2D eigenvalue weighted by molar-refractivity contribution is 9.10. The number of benzene rings is 2. The van der Waals surface area contributed by atoms with Crippen LogP contribution < -0.4 is 10.6 Å². The molecule has 3 rings (SSSR count). The van der Waals surface area contributed by atoms with Crippen molar-refractivity contribution in [3.05, 3.63) is 52.8 Å². The van der Waals surface area contributed by atoms with Gasteiger partial charge in [-0.25, -0.2) is 4.98 Å². The molecule has 2 aromatic carbocycles. The summed E-state index contributed by atoms with van der Waals surface area (Å²) >= 11 is 5.05. The highest BCUT2D eigenvalue weighted by Gasteiger charge is 2.15. The number of hydrogen-bond acceptors (Lipinski definition) is 4. The number of fused-ring (bicyclic) bond motifs is 1. The van der Waals surface area contributed by atoms with Gasteiger partial charge in [-0.2, -0.15) is 11.8 Å². The number of rotatable bonds is 6. The molecule has 0 atom stereocenters. The zero-order chi connectivity index (χ0) is 19.4. The minimum absolute atomic E-state index is 0.141. The zero-order valence-corrected chi connectivity index (χ0v) is 17.4. The third-order valence-electron chi connectivity index (χ3n) is 3.88. The predicted molar refractivity (Wildman–Crippen MR) is 114 cm³/mol. The number of amides is 2. The molecule has 27 heavy (non-hydrogen) atoms. The Bertz CT molecular complexity index is 1000. The first-order valence-electron chi connectivity index (χ1n) is 8.28. The second-order valence-corrected chi connectivity index (χ2v) is 7.74. The smallest absolute Gasteiger partial charge is 0.244 e. The Balaban J connectivity index is 1.87. The van der Waals surface area contributed by atoms with E-state index in [0.29, 0.717) is 11.4 Å². The number of anilines is 2. The first kappa shape index (κ1) is 19.4. The Kier molecular flexibility index (Phi) is 6.18. The molecule has 1 heterocycles. The highest BCUT2D eigenvalue weighted by atomic mass is 79.9. The number of imidazole rings is 1. The van der Waals surface area contributed by atoms with E-state index in [0.717, 1.165) is 27.1 Å². The fraction of sp³-hybridized carbons (Fsp3) is 0.211. The maximum Gasteiger partial charge on any atom is 0.244 e. The van der Waals surface area contributed by atoms with Crippen molar-refractivity contribution in [2.24, 2.45) is 0 Å². The molecular formula is C19H19BrN4O2S. The van der Waals surface area contributed by atoms with Crippen molar-refractivity contribution < 1.29 is 9.59 Å². The van der Waals surface area contributed by atoms with Crippen LogP contribution in [0.25, 0.3) is 11.0 Å². The summed E-state index contributed by atoms with van der Waals surface area (Å²) in [7, 11) is 0. The molecule has 3 aromatic rings. The standard InChI is InChI=1S/C19H19BrN4O2S/c1-12(25)21-14-8-7-13(20)9-16(14)23-19(26)10-24-17-6-4-3-5-15(17)22-18(24)11-27-2/h3-9H,10-11H2,1-2H3,(H,21,25)(H,23,26). The van der Waals surface area contributed by atoms with Crippen molar-refractivity contribution in [3.8, 4) is 0 Å². The SMILES string of the molecule is CSCc1nc2ccccc2n1CC(=O)Nc1cc(Br)ccc1NC(C)=O. The summed E-state index contributed by atoms with van der Waals surface area (Å²) in [5, 5.41) is 5.62. The van der Waals surface area contributed by atoms with Gasteiger partial charge in [0.1, 0.15) is 12.4 Å². The van der Waals surface area contributed by atoms with Gasteiger partial charge in [0, 0.05) is 11.4 Å². The van der Waals surface area contributed by atoms with Crippen LogP contribution in [0.4, 0.5) is 11.4 Å². The van der Waals surface area contributed by atoms with Crippen molar-refractivity contribution in [3.63, 3.8) is 0 Å². The first-order chi connectivity index (χ1) is 13.0. The van der Waals surface area contributed by atoms with E-state index in [1.165, 1.54) is 6.92 Å². The van der Waals surface area contributed by atoms with Gasteiger partial charge in [0.25, 0.3) is 0 Å². The van der Waals surface area contributed by atoms with E-state index in [1.54, 1.807) is 30.0 Å². The van der Waals surface area contributed by atoms with E-state index < -0.39 is 0 Å². The second kappa shape index (κ2) is 8.58.